The maximum Gasteiger partial charge on any atom is 0.508 e. The molecule has 0 unspecified atom stereocenters. The Morgan fingerprint density at radius 2 is 1.82 bits per heavy atom. The molecule has 1 heterocycles. The van der Waals surface area contributed by atoms with Crippen LogP contribution in [-0.2, 0) is 30.0 Å². The summed E-state index contributed by atoms with van der Waals surface area (Å²) in [7, 11) is -2.31. The summed E-state index contributed by atoms with van der Waals surface area (Å²) in [6.07, 6.45) is -2.71. The van der Waals surface area contributed by atoms with Gasteiger partial charge in [0.25, 0.3) is 0 Å². The number of carbonyl (C=O) groups excluding carboxylic acids is 2. The van der Waals surface area contributed by atoms with E-state index in [0.717, 1.165) is 5.56 Å². The molecule has 0 radical (unpaired) electrons. The van der Waals surface area contributed by atoms with Gasteiger partial charge in [-0.3, -0.25) is 0 Å². The molecule has 0 amide bonds. The summed E-state index contributed by atoms with van der Waals surface area (Å²) in [4.78, 5) is 24.0. The number of ether oxygens (including phenoxy) is 3. The average molecular weight is 411 g/mol. The number of esters is 1. The third kappa shape index (κ3) is 5.12. The van der Waals surface area contributed by atoms with E-state index >= 15 is 0 Å². The van der Waals surface area contributed by atoms with E-state index in [1.807, 2.05) is 43.4 Å². The van der Waals surface area contributed by atoms with Gasteiger partial charge in [0, 0.05) is 0 Å². The van der Waals surface area contributed by atoms with Crippen molar-refractivity contribution < 1.29 is 33.3 Å². The Morgan fingerprint density at radius 1 is 1.21 bits per heavy atom. The second-order valence-electron chi connectivity index (χ2n) is 8.73. The fraction of sp³-hybridized carbons (Fsp3) is 0.600. The van der Waals surface area contributed by atoms with E-state index in [9.17, 15) is 14.7 Å². The van der Waals surface area contributed by atoms with Crippen LogP contribution >= 0.6 is 0 Å². The number of rotatable bonds is 6. The van der Waals surface area contributed by atoms with Crippen LogP contribution in [0.1, 0.15) is 33.3 Å². The molecule has 0 saturated carbocycles. The van der Waals surface area contributed by atoms with Gasteiger partial charge < -0.3 is 23.7 Å². The van der Waals surface area contributed by atoms with Gasteiger partial charge in [-0.25, -0.2) is 9.59 Å². The molecule has 156 valence electrons. The van der Waals surface area contributed by atoms with Crippen LogP contribution < -0.4 is 0 Å². The molecule has 1 aliphatic heterocycles. The maximum absolute atomic E-state index is 12.1. The van der Waals surface area contributed by atoms with Crippen LogP contribution in [0.5, 0.6) is 0 Å². The highest BCUT2D eigenvalue weighted by molar-refractivity contribution is 6.74. The van der Waals surface area contributed by atoms with Gasteiger partial charge in [0.05, 0.1) is 0 Å². The van der Waals surface area contributed by atoms with Gasteiger partial charge in [-0.05, 0) is 30.6 Å². The Hall–Kier alpha value is -1.90. The predicted molar refractivity (Wildman–Crippen MR) is 105 cm³/mol. The van der Waals surface area contributed by atoms with E-state index in [0.29, 0.717) is 0 Å². The maximum atomic E-state index is 12.1. The van der Waals surface area contributed by atoms with Crippen LogP contribution in [-0.4, -0.2) is 50.0 Å². The molecule has 0 aromatic heterocycles. The zero-order chi connectivity index (χ0) is 21.2. The Balaban J connectivity index is 1.98. The fourth-order valence-corrected chi connectivity index (χ4v) is 3.88. The molecule has 7 nitrogen and oxygen atoms in total. The fourth-order valence-electron chi connectivity index (χ4n) is 2.51. The molecule has 0 spiro atoms. The second-order valence-corrected chi connectivity index (χ2v) is 13.5. The van der Waals surface area contributed by atoms with Crippen LogP contribution in [0.25, 0.3) is 0 Å². The van der Waals surface area contributed by atoms with Gasteiger partial charge in [-0.2, -0.15) is 0 Å². The highest BCUT2D eigenvalue weighted by Gasteiger charge is 2.57. The molecule has 1 N–H and O–H groups in total. The van der Waals surface area contributed by atoms with Gasteiger partial charge in [-0.1, -0.05) is 51.1 Å². The first-order valence-electron chi connectivity index (χ1n) is 9.29. The topological polar surface area (TPSA) is 91.3 Å². The summed E-state index contributed by atoms with van der Waals surface area (Å²) < 4.78 is 21.6. The lowest BCUT2D eigenvalue weighted by Gasteiger charge is -2.40. The highest BCUT2D eigenvalue weighted by Crippen LogP contribution is 2.41. The van der Waals surface area contributed by atoms with Crippen LogP contribution in [0.2, 0.25) is 18.1 Å². The minimum absolute atomic E-state index is 0.0751. The summed E-state index contributed by atoms with van der Waals surface area (Å²) in [5, 5.41) is 10.5. The van der Waals surface area contributed by atoms with Gasteiger partial charge in [0.15, 0.2) is 20.0 Å². The van der Waals surface area contributed by atoms with Gasteiger partial charge in [0.1, 0.15) is 19.3 Å². The van der Waals surface area contributed by atoms with Crippen molar-refractivity contribution in [1.82, 2.24) is 0 Å². The van der Waals surface area contributed by atoms with E-state index < -0.39 is 38.3 Å². The first-order valence-corrected chi connectivity index (χ1v) is 12.2. The number of hydrogen-bond donors (Lipinski definition) is 1. The van der Waals surface area contributed by atoms with Gasteiger partial charge in [0.2, 0.25) is 0 Å². The molecule has 1 aromatic carbocycles. The van der Waals surface area contributed by atoms with E-state index in [1.54, 1.807) is 0 Å². The molecule has 1 saturated heterocycles. The summed E-state index contributed by atoms with van der Waals surface area (Å²) >= 11 is 0. The normalized spacial score (nSPS) is 25.3. The molecular weight excluding hydrogens is 380 g/mol. The van der Waals surface area contributed by atoms with Crippen LogP contribution in [0.15, 0.2) is 30.3 Å². The summed E-state index contributed by atoms with van der Waals surface area (Å²) in [5.74, 6) is -0.789. The summed E-state index contributed by atoms with van der Waals surface area (Å²) in [6.45, 7) is 11.4. The van der Waals surface area contributed by atoms with Crippen LogP contribution in [0.3, 0.4) is 0 Å². The SMILES string of the molecule is CC(C)(C)[Si](C)(C)O[C@@H]1[C@@H](COC(=O)OCc2ccccc2)OC(=O)[C@@]1(C)O. The molecule has 8 heteroatoms. The number of hydrogen-bond acceptors (Lipinski definition) is 7. The Labute approximate surface area is 167 Å². The smallest absolute Gasteiger partial charge is 0.454 e. The zero-order valence-corrected chi connectivity index (χ0v) is 18.4. The molecule has 1 aliphatic rings. The van der Waals surface area contributed by atoms with Gasteiger partial charge >= 0.3 is 12.1 Å². The van der Waals surface area contributed by atoms with Crippen LogP contribution in [0.4, 0.5) is 4.79 Å². The average Bonchev–Trinajstić information content (AvgIpc) is 2.81. The highest BCUT2D eigenvalue weighted by atomic mass is 28.4. The molecular formula is C20H30O7Si. The van der Waals surface area contributed by atoms with E-state index in [-0.39, 0.29) is 18.3 Å². The number of carbonyl (C=O) groups is 2. The lowest BCUT2D eigenvalue weighted by molar-refractivity contribution is -0.155. The van der Waals surface area contributed by atoms with E-state index in [1.165, 1.54) is 6.92 Å². The predicted octanol–water partition coefficient (Wildman–Crippen LogP) is 3.41. The van der Waals surface area contributed by atoms with Gasteiger partial charge in [-0.15, -0.1) is 0 Å². The van der Waals surface area contributed by atoms with Crippen molar-refractivity contribution in [1.29, 1.82) is 0 Å². The van der Waals surface area contributed by atoms with Crippen molar-refractivity contribution in [3.05, 3.63) is 35.9 Å². The zero-order valence-electron chi connectivity index (χ0n) is 17.4. The van der Waals surface area contributed by atoms with E-state index in [2.05, 4.69) is 20.8 Å². The Morgan fingerprint density at radius 3 is 2.39 bits per heavy atom. The summed E-state index contributed by atoms with van der Waals surface area (Å²) in [5.41, 5.74) is -0.980. The molecule has 0 bridgehead atoms. The Kier molecular flexibility index (Phi) is 6.57. The van der Waals surface area contributed by atoms with Crippen molar-refractivity contribution in [3.8, 4) is 0 Å². The monoisotopic (exact) mass is 410 g/mol. The van der Waals surface area contributed by atoms with Crippen LogP contribution in [0, 0.1) is 0 Å². The Bertz CT molecular complexity index is 694. The standard InChI is InChI=1S/C20H30O7Si/c1-19(2,3)28(5,6)27-16-15(26-17(21)20(16,4)23)13-25-18(22)24-12-14-10-8-7-9-11-14/h7-11,15-16,23H,12-13H2,1-6H3/t15-,16-,20+/m1/s1. The third-order valence-corrected chi connectivity index (χ3v) is 9.81. The summed E-state index contributed by atoms with van der Waals surface area (Å²) in [6, 6.07) is 9.20. The lowest BCUT2D eigenvalue weighted by atomic mass is 9.99. The molecule has 28 heavy (non-hydrogen) atoms. The second kappa shape index (κ2) is 8.22. The lowest BCUT2D eigenvalue weighted by Crippen LogP contribution is -2.54. The minimum atomic E-state index is -2.31. The number of cyclic esters (lactones) is 1. The molecule has 1 fully saturated rings. The van der Waals surface area contributed by atoms with Crippen molar-refractivity contribution in [2.45, 2.75) is 70.2 Å². The first-order chi connectivity index (χ1) is 12.8. The quantitative estimate of drug-likeness (QED) is 0.567. The molecule has 1 aromatic rings. The molecule has 3 atom stereocenters. The van der Waals surface area contributed by atoms with Crippen molar-refractivity contribution in [3.63, 3.8) is 0 Å². The van der Waals surface area contributed by atoms with E-state index in [4.69, 9.17) is 18.6 Å². The number of aliphatic hydroxyl groups is 1. The molecule has 0 aliphatic carbocycles. The minimum Gasteiger partial charge on any atom is -0.454 e. The third-order valence-electron chi connectivity index (χ3n) is 5.36. The van der Waals surface area contributed by atoms with Crippen molar-refractivity contribution in [2.75, 3.05) is 6.61 Å². The number of benzene rings is 1. The molecule has 2 rings (SSSR count). The first kappa shape index (κ1) is 22.4. The largest absolute Gasteiger partial charge is 0.508 e. The van der Waals surface area contributed by atoms with Crippen molar-refractivity contribution in [2.24, 2.45) is 0 Å². The van der Waals surface area contributed by atoms with Crippen molar-refractivity contribution >= 4 is 20.4 Å².